The number of nitrogens with zero attached hydrogens (tertiary/aromatic N) is 4. The van der Waals surface area contributed by atoms with Crippen molar-refractivity contribution in [2.45, 2.75) is 33.5 Å². The van der Waals surface area contributed by atoms with E-state index in [9.17, 15) is 14.4 Å². The number of ether oxygens (including phenoxy) is 1. The maximum atomic E-state index is 13.0. The lowest BCUT2D eigenvalue weighted by atomic mass is 10.0. The number of nitrogens with one attached hydrogen (secondary N) is 1. The van der Waals surface area contributed by atoms with Crippen LogP contribution in [0.3, 0.4) is 0 Å². The van der Waals surface area contributed by atoms with E-state index in [0.29, 0.717) is 31.1 Å². The van der Waals surface area contributed by atoms with Gasteiger partial charge in [-0.2, -0.15) is 0 Å². The van der Waals surface area contributed by atoms with Crippen LogP contribution in [0.5, 0.6) is 5.75 Å². The topological polar surface area (TPSA) is 98.5 Å². The van der Waals surface area contributed by atoms with Crippen LogP contribution in [0, 0.1) is 13.8 Å². The van der Waals surface area contributed by atoms with Gasteiger partial charge in [0.2, 0.25) is 11.7 Å². The molecule has 3 aromatic rings. The summed E-state index contributed by atoms with van der Waals surface area (Å²) >= 11 is 0. The number of hydrogen-bond donors (Lipinski definition) is 1. The lowest BCUT2D eigenvalue weighted by molar-refractivity contribution is -0.117. The number of benzene rings is 2. The number of anilines is 1. The summed E-state index contributed by atoms with van der Waals surface area (Å²) in [5.74, 6) is -0.0793. The molecule has 0 radical (unpaired) electrons. The van der Waals surface area contributed by atoms with Crippen LogP contribution in [0.2, 0.25) is 0 Å². The van der Waals surface area contributed by atoms with Crippen molar-refractivity contribution in [2.75, 3.05) is 19.0 Å². The predicted octanol–water partition coefficient (Wildman–Crippen LogP) is 1.96. The average molecular weight is 435 g/mol. The molecule has 0 fully saturated rings. The Kier molecular flexibility index (Phi) is 5.81. The van der Waals surface area contributed by atoms with Gasteiger partial charge in [-0.3, -0.25) is 14.2 Å². The van der Waals surface area contributed by atoms with Crippen molar-refractivity contribution in [3.63, 3.8) is 0 Å². The van der Waals surface area contributed by atoms with Crippen molar-refractivity contribution in [1.82, 2.24) is 19.2 Å². The van der Waals surface area contributed by atoms with E-state index in [1.165, 1.54) is 11.7 Å². The zero-order valence-corrected chi connectivity index (χ0v) is 18.3. The van der Waals surface area contributed by atoms with E-state index in [0.717, 1.165) is 21.4 Å². The molecule has 9 nitrogen and oxygen atoms in total. The fourth-order valence-electron chi connectivity index (χ4n) is 3.73. The first kappa shape index (κ1) is 21.4. The van der Waals surface area contributed by atoms with Gasteiger partial charge < -0.3 is 15.0 Å². The van der Waals surface area contributed by atoms with E-state index < -0.39 is 11.6 Å². The summed E-state index contributed by atoms with van der Waals surface area (Å²) in [6.45, 7) is 4.92. The SMILES string of the molecule is COc1cccc(NC(=O)Cn2nc3n(c2=O)CCN(Cc2cc(C)ccc2C)C3=O)c1. The number of amides is 2. The summed E-state index contributed by atoms with van der Waals surface area (Å²) in [5, 5.41) is 6.88. The Labute approximate surface area is 185 Å². The van der Waals surface area contributed by atoms with Crippen LogP contribution in [0.1, 0.15) is 27.3 Å². The number of rotatable bonds is 6. The molecule has 0 saturated heterocycles. The number of fused-ring (bicyclic) bond motifs is 1. The fraction of sp³-hybridized carbons (Fsp3) is 0.304. The molecule has 0 spiro atoms. The Morgan fingerprint density at radius 1 is 1.12 bits per heavy atom. The zero-order valence-electron chi connectivity index (χ0n) is 18.3. The van der Waals surface area contributed by atoms with Gasteiger partial charge in [-0.05, 0) is 37.1 Å². The lowest BCUT2D eigenvalue weighted by Gasteiger charge is -2.27. The molecule has 0 atom stereocenters. The molecular weight excluding hydrogens is 410 g/mol. The van der Waals surface area contributed by atoms with Crippen LogP contribution in [0.4, 0.5) is 5.69 Å². The Morgan fingerprint density at radius 2 is 1.94 bits per heavy atom. The van der Waals surface area contributed by atoms with E-state index in [1.807, 2.05) is 26.0 Å². The molecule has 0 unspecified atom stereocenters. The number of carbonyl (C=O) groups is 2. The smallest absolute Gasteiger partial charge is 0.346 e. The van der Waals surface area contributed by atoms with E-state index in [-0.39, 0.29) is 18.3 Å². The van der Waals surface area contributed by atoms with Crippen LogP contribution in [-0.4, -0.2) is 44.7 Å². The summed E-state index contributed by atoms with van der Waals surface area (Å²) in [6.07, 6.45) is 0. The first-order valence-corrected chi connectivity index (χ1v) is 10.3. The normalized spacial score (nSPS) is 13.1. The molecule has 32 heavy (non-hydrogen) atoms. The first-order chi connectivity index (χ1) is 15.4. The third-order valence-electron chi connectivity index (χ3n) is 5.51. The van der Waals surface area contributed by atoms with Crippen LogP contribution >= 0.6 is 0 Å². The molecule has 4 rings (SSSR count). The molecule has 2 amide bonds. The van der Waals surface area contributed by atoms with Crippen molar-refractivity contribution in [3.05, 3.63) is 75.5 Å². The highest BCUT2D eigenvalue weighted by molar-refractivity contribution is 5.92. The molecule has 1 N–H and O–H groups in total. The summed E-state index contributed by atoms with van der Waals surface area (Å²) < 4.78 is 7.51. The van der Waals surface area contributed by atoms with E-state index >= 15 is 0 Å². The molecule has 0 saturated carbocycles. The van der Waals surface area contributed by atoms with Crippen molar-refractivity contribution in [2.24, 2.45) is 0 Å². The second-order valence-corrected chi connectivity index (χ2v) is 7.85. The van der Waals surface area contributed by atoms with E-state index in [4.69, 9.17) is 4.74 Å². The Bertz CT molecular complexity index is 1240. The number of hydrogen-bond acceptors (Lipinski definition) is 5. The molecule has 2 aromatic carbocycles. The highest BCUT2D eigenvalue weighted by Crippen LogP contribution is 2.18. The number of aryl methyl sites for hydroxylation is 2. The van der Waals surface area contributed by atoms with Crippen molar-refractivity contribution < 1.29 is 14.3 Å². The molecule has 9 heteroatoms. The van der Waals surface area contributed by atoms with Crippen molar-refractivity contribution in [3.8, 4) is 5.75 Å². The van der Waals surface area contributed by atoms with Gasteiger partial charge in [0, 0.05) is 31.4 Å². The van der Waals surface area contributed by atoms with E-state index in [1.54, 1.807) is 29.2 Å². The average Bonchev–Trinajstić information content (AvgIpc) is 3.08. The fourth-order valence-corrected chi connectivity index (χ4v) is 3.73. The van der Waals surface area contributed by atoms with Gasteiger partial charge in [0.05, 0.1) is 7.11 Å². The van der Waals surface area contributed by atoms with Crippen LogP contribution < -0.4 is 15.7 Å². The van der Waals surface area contributed by atoms with Gasteiger partial charge in [-0.25, -0.2) is 9.48 Å². The quantitative estimate of drug-likeness (QED) is 0.638. The second-order valence-electron chi connectivity index (χ2n) is 7.85. The summed E-state index contributed by atoms with van der Waals surface area (Å²) in [4.78, 5) is 39.8. The zero-order chi connectivity index (χ0) is 22.8. The maximum absolute atomic E-state index is 13.0. The first-order valence-electron chi connectivity index (χ1n) is 10.3. The minimum atomic E-state index is -0.472. The third-order valence-corrected chi connectivity index (χ3v) is 5.51. The molecule has 1 aliphatic rings. The van der Waals surface area contributed by atoms with Crippen molar-refractivity contribution in [1.29, 1.82) is 0 Å². The van der Waals surface area contributed by atoms with Crippen LogP contribution in [0.25, 0.3) is 0 Å². The molecule has 1 aromatic heterocycles. The van der Waals surface area contributed by atoms with Gasteiger partial charge in [-0.1, -0.05) is 29.8 Å². The number of carbonyl (C=O) groups excluding carboxylic acids is 2. The summed E-state index contributed by atoms with van der Waals surface area (Å²) in [7, 11) is 1.54. The standard InChI is InChI=1S/C23H25N5O4/c1-15-7-8-16(2)17(11-15)13-26-9-10-27-21(22(26)30)25-28(23(27)31)14-20(29)24-18-5-4-6-19(12-18)32-3/h4-8,11-12H,9-10,13-14H2,1-3H3,(H,24,29). The monoisotopic (exact) mass is 435 g/mol. The molecular formula is C23H25N5O4. The van der Waals surface area contributed by atoms with Crippen LogP contribution in [-0.2, 0) is 24.4 Å². The van der Waals surface area contributed by atoms with Gasteiger partial charge in [0.15, 0.2) is 0 Å². The molecule has 0 aliphatic carbocycles. The molecule has 166 valence electrons. The Balaban J connectivity index is 1.49. The van der Waals surface area contributed by atoms with Crippen molar-refractivity contribution >= 4 is 17.5 Å². The predicted molar refractivity (Wildman–Crippen MR) is 119 cm³/mol. The molecule has 0 bridgehead atoms. The highest BCUT2D eigenvalue weighted by Gasteiger charge is 2.30. The third kappa shape index (κ3) is 4.27. The summed E-state index contributed by atoms with van der Waals surface area (Å²) in [5.41, 5.74) is 3.36. The van der Waals surface area contributed by atoms with Gasteiger partial charge in [0.25, 0.3) is 5.91 Å². The van der Waals surface area contributed by atoms with Gasteiger partial charge >= 0.3 is 5.69 Å². The Morgan fingerprint density at radius 3 is 2.72 bits per heavy atom. The lowest BCUT2D eigenvalue weighted by Crippen LogP contribution is -2.42. The second kappa shape index (κ2) is 8.70. The summed E-state index contributed by atoms with van der Waals surface area (Å²) in [6, 6.07) is 13.0. The van der Waals surface area contributed by atoms with E-state index in [2.05, 4.69) is 16.5 Å². The maximum Gasteiger partial charge on any atom is 0.346 e. The van der Waals surface area contributed by atoms with Crippen LogP contribution in [0.15, 0.2) is 47.3 Å². The Hall–Kier alpha value is -3.88. The largest absolute Gasteiger partial charge is 0.497 e. The highest BCUT2D eigenvalue weighted by atomic mass is 16.5. The van der Waals surface area contributed by atoms with Gasteiger partial charge in [-0.15, -0.1) is 5.10 Å². The minimum absolute atomic E-state index is 0.0562. The van der Waals surface area contributed by atoms with Gasteiger partial charge in [0.1, 0.15) is 12.3 Å². The molecule has 1 aliphatic heterocycles. The number of methoxy groups -OCH3 is 1. The number of aromatic nitrogens is 3. The minimum Gasteiger partial charge on any atom is -0.497 e. The molecule has 2 heterocycles.